The summed E-state index contributed by atoms with van der Waals surface area (Å²) < 4.78 is 13.6. The topological polar surface area (TPSA) is 86.5 Å². The molecule has 8 heteroatoms. The lowest BCUT2D eigenvalue weighted by molar-refractivity contribution is -0.133. The molecular weight excluding hydrogens is 354 g/mol. The van der Waals surface area contributed by atoms with E-state index in [1.165, 1.54) is 0 Å². The summed E-state index contributed by atoms with van der Waals surface area (Å²) >= 11 is 1.11. The molecule has 0 aliphatic carbocycles. The Balaban J connectivity index is 1.71. The molecule has 1 atom stereocenters. The van der Waals surface area contributed by atoms with Crippen molar-refractivity contribution in [3.05, 3.63) is 60.4 Å². The van der Waals surface area contributed by atoms with E-state index in [1.54, 1.807) is 0 Å². The molecule has 132 valence electrons. The molecular formula is C18H15N3O4S. The number of carbonyl (C=O) groups is 1. The Kier molecular flexibility index (Phi) is 4.49. The summed E-state index contributed by atoms with van der Waals surface area (Å²) in [5.74, 6) is 0.889. The van der Waals surface area contributed by atoms with E-state index < -0.39 is 12.1 Å². The second kappa shape index (κ2) is 7.09. The third-order valence-electron chi connectivity index (χ3n) is 3.79. The third-order valence-corrected chi connectivity index (χ3v) is 4.71. The molecule has 2 heterocycles. The standard InChI is InChI=1S/C18H15N3O4S/c22-16(23)11-26-18-20-19-17(21(18)12-6-2-1-3-7-12)15-10-24-13-8-4-5-9-14(13)25-15/h1-9,15H,10-11H2,(H,22,23)/t15-/m1/s1. The van der Waals surface area contributed by atoms with Gasteiger partial charge in [-0.15, -0.1) is 10.2 Å². The Morgan fingerprint density at radius 2 is 1.85 bits per heavy atom. The van der Waals surface area contributed by atoms with Crippen molar-refractivity contribution in [3.8, 4) is 17.2 Å². The minimum atomic E-state index is -0.912. The van der Waals surface area contributed by atoms with Crippen LogP contribution < -0.4 is 9.47 Å². The highest BCUT2D eigenvalue weighted by molar-refractivity contribution is 7.99. The van der Waals surface area contributed by atoms with Gasteiger partial charge in [-0.3, -0.25) is 9.36 Å². The molecule has 0 unspecified atom stereocenters. The first-order valence-corrected chi connectivity index (χ1v) is 8.95. The first-order chi connectivity index (χ1) is 12.7. The smallest absolute Gasteiger partial charge is 0.313 e. The quantitative estimate of drug-likeness (QED) is 0.692. The average molecular weight is 369 g/mol. The van der Waals surface area contributed by atoms with E-state index in [9.17, 15) is 4.79 Å². The van der Waals surface area contributed by atoms with Gasteiger partial charge in [0, 0.05) is 5.69 Å². The van der Waals surface area contributed by atoms with Crippen LogP contribution in [0.15, 0.2) is 59.8 Å². The number of para-hydroxylation sites is 3. The molecule has 0 spiro atoms. The van der Waals surface area contributed by atoms with Crippen LogP contribution in [-0.4, -0.2) is 38.2 Å². The highest BCUT2D eigenvalue weighted by Crippen LogP contribution is 2.36. The van der Waals surface area contributed by atoms with Gasteiger partial charge in [0.15, 0.2) is 28.6 Å². The highest BCUT2D eigenvalue weighted by atomic mass is 32.2. The van der Waals surface area contributed by atoms with Gasteiger partial charge >= 0.3 is 5.97 Å². The van der Waals surface area contributed by atoms with Crippen molar-refractivity contribution in [1.82, 2.24) is 14.8 Å². The summed E-state index contributed by atoms with van der Waals surface area (Å²) in [6.07, 6.45) is -0.447. The van der Waals surface area contributed by atoms with Crippen molar-refractivity contribution < 1.29 is 19.4 Å². The molecule has 0 saturated heterocycles. The van der Waals surface area contributed by atoms with E-state index in [-0.39, 0.29) is 5.75 Å². The fraction of sp³-hybridized carbons (Fsp3) is 0.167. The number of carboxylic acid groups (broad SMARTS) is 1. The molecule has 7 nitrogen and oxygen atoms in total. The van der Waals surface area contributed by atoms with Crippen LogP contribution in [0.3, 0.4) is 0 Å². The van der Waals surface area contributed by atoms with Gasteiger partial charge in [-0.2, -0.15) is 0 Å². The lowest BCUT2D eigenvalue weighted by atomic mass is 10.2. The lowest BCUT2D eigenvalue weighted by Gasteiger charge is -2.26. The fourth-order valence-electron chi connectivity index (χ4n) is 2.68. The fourth-order valence-corrected chi connectivity index (χ4v) is 3.36. The number of fused-ring (bicyclic) bond motifs is 1. The van der Waals surface area contributed by atoms with Crippen molar-refractivity contribution in [2.45, 2.75) is 11.3 Å². The number of benzene rings is 2. The zero-order chi connectivity index (χ0) is 17.9. The van der Waals surface area contributed by atoms with E-state index in [4.69, 9.17) is 14.6 Å². The third kappa shape index (κ3) is 3.23. The van der Waals surface area contributed by atoms with Crippen molar-refractivity contribution >= 4 is 17.7 Å². The second-order valence-electron chi connectivity index (χ2n) is 5.56. The molecule has 1 N–H and O–H groups in total. The van der Waals surface area contributed by atoms with Gasteiger partial charge < -0.3 is 14.6 Å². The van der Waals surface area contributed by atoms with Crippen molar-refractivity contribution in [2.75, 3.05) is 12.4 Å². The maximum atomic E-state index is 10.9. The Morgan fingerprint density at radius 1 is 1.12 bits per heavy atom. The SMILES string of the molecule is O=C(O)CSc1nnc([C@H]2COc3ccccc3O2)n1-c1ccccc1. The number of thioether (sulfide) groups is 1. The van der Waals surface area contributed by atoms with Crippen LogP contribution >= 0.6 is 11.8 Å². The highest BCUT2D eigenvalue weighted by Gasteiger charge is 2.29. The zero-order valence-corrected chi connectivity index (χ0v) is 14.4. The molecule has 1 aliphatic heterocycles. The minimum Gasteiger partial charge on any atom is -0.485 e. The number of rotatable bonds is 5. The Hall–Kier alpha value is -3.00. The van der Waals surface area contributed by atoms with Crippen LogP contribution in [0, 0.1) is 0 Å². The number of hydrogen-bond acceptors (Lipinski definition) is 6. The number of hydrogen-bond donors (Lipinski definition) is 1. The van der Waals surface area contributed by atoms with Gasteiger partial charge in [0.1, 0.15) is 6.61 Å². The van der Waals surface area contributed by atoms with Gasteiger partial charge in [0.2, 0.25) is 0 Å². The number of aromatic nitrogens is 3. The lowest BCUT2D eigenvalue weighted by Crippen LogP contribution is -2.24. The van der Waals surface area contributed by atoms with E-state index in [0.29, 0.717) is 29.1 Å². The molecule has 4 rings (SSSR count). The molecule has 26 heavy (non-hydrogen) atoms. The van der Waals surface area contributed by atoms with Crippen LogP contribution in [0.5, 0.6) is 11.5 Å². The maximum absolute atomic E-state index is 10.9. The normalized spacial score (nSPS) is 15.6. The maximum Gasteiger partial charge on any atom is 0.313 e. The summed E-state index contributed by atoms with van der Waals surface area (Å²) in [6, 6.07) is 17.0. The van der Waals surface area contributed by atoms with Crippen LogP contribution in [-0.2, 0) is 4.79 Å². The molecule has 0 saturated carbocycles. The van der Waals surface area contributed by atoms with E-state index >= 15 is 0 Å². The van der Waals surface area contributed by atoms with Crippen LogP contribution in [0.1, 0.15) is 11.9 Å². The molecule has 1 aromatic heterocycles. The number of nitrogens with zero attached hydrogens (tertiary/aromatic N) is 3. The van der Waals surface area contributed by atoms with Gasteiger partial charge in [-0.05, 0) is 24.3 Å². The Morgan fingerprint density at radius 3 is 2.62 bits per heavy atom. The predicted octanol–water partition coefficient (Wildman–Crippen LogP) is 2.96. The first-order valence-electron chi connectivity index (χ1n) is 7.96. The predicted molar refractivity (Wildman–Crippen MR) is 95.0 cm³/mol. The monoisotopic (exact) mass is 369 g/mol. The second-order valence-corrected chi connectivity index (χ2v) is 6.50. The molecule has 2 aromatic carbocycles. The van der Waals surface area contributed by atoms with Crippen molar-refractivity contribution in [1.29, 1.82) is 0 Å². The Labute approximate surface area is 153 Å². The van der Waals surface area contributed by atoms with Crippen LogP contribution in [0.4, 0.5) is 0 Å². The van der Waals surface area contributed by atoms with Gasteiger partial charge in [-0.1, -0.05) is 42.1 Å². The number of aliphatic carboxylic acids is 1. The number of carboxylic acids is 1. The Bertz CT molecular complexity index is 929. The van der Waals surface area contributed by atoms with Crippen molar-refractivity contribution in [2.24, 2.45) is 0 Å². The van der Waals surface area contributed by atoms with E-state index in [1.807, 2.05) is 59.2 Å². The van der Waals surface area contributed by atoms with Gasteiger partial charge in [0.25, 0.3) is 0 Å². The molecule has 0 amide bonds. The largest absolute Gasteiger partial charge is 0.485 e. The van der Waals surface area contributed by atoms with Gasteiger partial charge in [-0.25, -0.2) is 0 Å². The first kappa shape index (κ1) is 16.5. The van der Waals surface area contributed by atoms with Crippen molar-refractivity contribution in [3.63, 3.8) is 0 Å². The summed E-state index contributed by atoms with van der Waals surface area (Å²) in [6.45, 7) is 0.297. The van der Waals surface area contributed by atoms with Gasteiger partial charge in [0.05, 0.1) is 5.75 Å². The molecule has 0 radical (unpaired) electrons. The molecule has 0 fully saturated rings. The average Bonchev–Trinajstić information content (AvgIpc) is 3.10. The zero-order valence-electron chi connectivity index (χ0n) is 13.6. The minimum absolute atomic E-state index is 0.101. The molecule has 1 aliphatic rings. The molecule has 3 aromatic rings. The summed E-state index contributed by atoms with van der Waals surface area (Å²) in [4.78, 5) is 10.9. The summed E-state index contributed by atoms with van der Waals surface area (Å²) in [5.41, 5.74) is 0.836. The van der Waals surface area contributed by atoms with Crippen LogP contribution in [0.2, 0.25) is 0 Å². The molecule has 0 bridgehead atoms. The van der Waals surface area contributed by atoms with E-state index in [0.717, 1.165) is 17.4 Å². The summed E-state index contributed by atoms with van der Waals surface area (Å²) in [5, 5.41) is 17.9. The number of ether oxygens (including phenoxy) is 2. The summed E-state index contributed by atoms with van der Waals surface area (Å²) in [7, 11) is 0. The van der Waals surface area contributed by atoms with E-state index in [2.05, 4.69) is 10.2 Å². The van der Waals surface area contributed by atoms with Crippen LogP contribution in [0.25, 0.3) is 5.69 Å².